The summed E-state index contributed by atoms with van der Waals surface area (Å²) in [5.74, 6) is 0. The molecule has 0 spiro atoms. The number of aryl methyl sites for hydroxylation is 1. The summed E-state index contributed by atoms with van der Waals surface area (Å²) in [6.07, 6.45) is 0. The van der Waals surface area contributed by atoms with Crippen molar-refractivity contribution in [2.24, 2.45) is 0 Å². The fourth-order valence-electron chi connectivity index (χ4n) is 7.88. The third-order valence-corrected chi connectivity index (χ3v) is 13.0. The second-order valence-corrected chi connectivity index (χ2v) is 15.1. The van der Waals surface area contributed by atoms with E-state index in [0.717, 1.165) is 55.4 Å². The van der Waals surface area contributed by atoms with Crippen LogP contribution in [0.25, 0.3) is 60.9 Å². The van der Waals surface area contributed by atoms with Gasteiger partial charge in [-0.3, -0.25) is 9.24 Å². The van der Waals surface area contributed by atoms with Gasteiger partial charge in [-0.05, 0) is 89.8 Å². The van der Waals surface area contributed by atoms with Crippen molar-refractivity contribution in [2.75, 3.05) is 4.67 Å². The zero-order valence-corrected chi connectivity index (χ0v) is 26.7. The van der Waals surface area contributed by atoms with Crippen molar-refractivity contribution in [2.45, 2.75) is 6.92 Å². The van der Waals surface area contributed by atoms with Crippen molar-refractivity contribution < 1.29 is 4.57 Å². The second-order valence-electron chi connectivity index (χ2n) is 12.6. The minimum atomic E-state index is -3.23. The van der Waals surface area contributed by atoms with Crippen molar-refractivity contribution in [1.82, 2.24) is 4.57 Å². The van der Waals surface area contributed by atoms with E-state index in [1.54, 1.807) is 0 Å². The molecule has 7 aromatic carbocycles. The quantitative estimate of drug-likeness (QED) is 0.180. The Hall–Kier alpha value is -5.63. The van der Waals surface area contributed by atoms with Crippen molar-refractivity contribution in [3.8, 4) is 39.1 Å². The molecular formula is C43H29N2OP. The van der Waals surface area contributed by atoms with Crippen LogP contribution in [0.15, 0.2) is 158 Å². The van der Waals surface area contributed by atoms with Gasteiger partial charge >= 0.3 is 0 Å². The highest BCUT2D eigenvalue weighted by atomic mass is 31.2. The van der Waals surface area contributed by atoms with Crippen LogP contribution in [0.5, 0.6) is 0 Å². The molecule has 0 amide bonds. The highest BCUT2D eigenvalue weighted by molar-refractivity contribution is 7.81. The fraction of sp³-hybridized carbons (Fsp3) is 0.0233. The van der Waals surface area contributed by atoms with Gasteiger partial charge in [-0.25, -0.2) is 0 Å². The molecule has 0 aliphatic carbocycles. The third kappa shape index (κ3) is 3.61. The molecule has 3 nitrogen and oxygen atoms in total. The number of benzene rings is 7. The van der Waals surface area contributed by atoms with Crippen molar-refractivity contribution in [1.29, 1.82) is 0 Å². The van der Waals surface area contributed by atoms with Gasteiger partial charge in [0.05, 0.1) is 22.4 Å². The van der Waals surface area contributed by atoms with Crippen molar-refractivity contribution in [3.05, 3.63) is 163 Å². The minimum absolute atomic E-state index is 0.886. The molecule has 0 fully saturated rings. The molecule has 10 rings (SSSR count). The third-order valence-electron chi connectivity index (χ3n) is 9.95. The van der Waals surface area contributed by atoms with E-state index in [9.17, 15) is 0 Å². The number of para-hydroxylation sites is 1. The monoisotopic (exact) mass is 620 g/mol. The lowest BCUT2D eigenvalue weighted by molar-refractivity contribution is 0.586. The molecular weight excluding hydrogens is 591 g/mol. The molecule has 2 aliphatic rings. The van der Waals surface area contributed by atoms with E-state index in [0.29, 0.717) is 0 Å². The Labute approximate surface area is 273 Å². The predicted octanol–water partition coefficient (Wildman–Crippen LogP) is 10.8. The molecule has 0 saturated carbocycles. The van der Waals surface area contributed by atoms with Crippen LogP contribution >= 0.6 is 7.29 Å². The van der Waals surface area contributed by atoms with Crippen LogP contribution in [0.1, 0.15) is 5.56 Å². The highest BCUT2D eigenvalue weighted by Crippen LogP contribution is 2.65. The topological polar surface area (TPSA) is 25.2 Å². The lowest BCUT2D eigenvalue weighted by atomic mass is 9.99. The van der Waals surface area contributed by atoms with Crippen LogP contribution in [0, 0.1) is 6.92 Å². The molecule has 3 heterocycles. The number of hydrogen-bond acceptors (Lipinski definition) is 1. The second kappa shape index (κ2) is 9.69. The van der Waals surface area contributed by atoms with Gasteiger partial charge in [0.25, 0.3) is 0 Å². The largest absolute Gasteiger partial charge is 0.309 e. The van der Waals surface area contributed by atoms with Crippen LogP contribution in [0.2, 0.25) is 0 Å². The number of hydrogen-bond donors (Lipinski definition) is 0. The van der Waals surface area contributed by atoms with Gasteiger partial charge in [-0.2, -0.15) is 0 Å². The maximum absolute atomic E-state index is 15.8. The first-order valence-electron chi connectivity index (χ1n) is 16.1. The van der Waals surface area contributed by atoms with Gasteiger partial charge in [0.15, 0.2) is 0 Å². The van der Waals surface area contributed by atoms with Gasteiger partial charge in [0, 0.05) is 38.2 Å². The summed E-state index contributed by atoms with van der Waals surface area (Å²) in [6, 6.07) is 55.7. The molecule has 47 heavy (non-hydrogen) atoms. The maximum Gasteiger partial charge on any atom is 0.235 e. The van der Waals surface area contributed by atoms with E-state index in [1.807, 2.05) is 18.2 Å². The van der Waals surface area contributed by atoms with Crippen LogP contribution in [-0.4, -0.2) is 4.57 Å². The van der Waals surface area contributed by atoms with Crippen LogP contribution in [-0.2, 0) is 4.57 Å². The Morgan fingerprint density at radius 3 is 1.83 bits per heavy atom. The Morgan fingerprint density at radius 1 is 0.468 bits per heavy atom. The van der Waals surface area contributed by atoms with Gasteiger partial charge in [-0.15, -0.1) is 0 Å². The smallest absolute Gasteiger partial charge is 0.235 e. The van der Waals surface area contributed by atoms with E-state index < -0.39 is 7.29 Å². The SMILES string of the molecule is Cc1ccc2c(c1)c1cc(-c3ccccc3)ccc1n2-c1ccc2c(c1)-c1ccccc1P1(=O)c3ccccc3-c3ccccc3N21. The molecule has 1 unspecified atom stereocenters. The Kier molecular flexibility index (Phi) is 5.48. The van der Waals surface area contributed by atoms with Crippen LogP contribution < -0.4 is 15.3 Å². The maximum atomic E-state index is 15.8. The molecule has 222 valence electrons. The average Bonchev–Trinajstić information content (AvgIpc) is 3.45. The molecule has 4 heteroatoms. The lowest BCUT2D eigenvalue weighted by Crippen LogP contribution is -2.37. The molecule has 0 radical (unpaired) electrons. The highest BCUT2D eigenvalue weighted by Gasteiger charge is 2.47. The molecule has 0 N–H and O–H groups in total. The molecule has 0 saturated heterocycles. The number of aromatic nitrogens is 1. The first-order valence-corrected chi connectivity index (χ1v) is 17.7. The van der Waals surface area contributed by atoms with Crippen molar-refractivity contribution >= 4 is 51.1 Å². The lowest BCUT2D eigenvalue weighted by Gasteiger charge is -2.44. The Morgan fingerprint density at radius 2 is 1.06 bits per heavy atom. The number of fused-ring (bicyclic) bond motifs is 14. The average molecular weight is 621 g/mol. The van der Waals surface area contributed by atoms with Crippen LogP contribution in [0.4, 0.5) is 11.4 Å². The van der Waals surface area contributed by atoms with Gasteiger partial charge < -0.3 is 4.57 Å². The van der Waals surface area contributed by atoms with E-state index in [1.165, 1.54) is 33.0 Å². The summed E-state index contributed by atoms with van der Waals surface area (Å²) in [5.41, 5.74) is 13.3. The number of nitrogens with zero attached hydrogens (tertiary/aromatic N) is 2. The van der Waals surface area contributed by atoms with Gasteiger partial charge in [0.1, 0.15) is 0 Å². The van der Waals surface area contributed by atoms with E-state index in [4.69, 9.17) is 0 Å². The van der Waals surface area contributed by atoms with Crippen molar-refractivity contribution in [3.63, 3.8) is 0 Å². The van der Waals surface area contributed by atoms with Gasteiger partial charge in [0.2, 0.25) is 7.29 Å². The normalized spacial score (nSPS) is 15.9. The fourth-order valence-corrected chi connectivity index (χ4v) is 11.2. The van der Waals surface area contributed by atoms with E-state index >= 15 is 4.57 Å². The molecule has 1 atom stereocenters. The zero-order valence-electron chi connectivity index (χ0n) is 25.8. The molecule has 8 aromatic rings. The molecule has 0 bridgehead atoms. The van der Waals surface area contributed by atoms with Crippen LogP contribution in [0.3, 0.4) is 0 Å². The van der Waals surface area contributed by atoms with E-state index in [2.05, 4.69) is 156 Å². The Balaban J connectivity index is 1.25. The predicted molar refractivity (Wildman–Crippen MR) is 197 cm³/mol. The number of anilines is 2. The Bertz CT molecular complexity index is 2630. The summed E-state index contributed by atoms with van der Waals surface area (Å²) in [5, 5.41) is 4.25. The summed E-state index contributed by atoms with van der Waals surface area (Å²) in [7, 11) is -3.23. The summed E-state index contributed by atoms with van der Waals surface area (Å²) in [6.45, 7) is 2.16. The minimum Gasteiger partial charge on any atom is -0.309 e. The van der Waals surface area contributed by atoms with E-state index in [-0.39, 0.29) is 0 Å². The first kappa shape index (κ1) is 26.6. The summed E-state index contributed by atoms with van der Waals surface area (Å²) >= 11 is 0. The summed E-state index contributed by atoms with van der Waals surface area (Å²) < 4.78 is 20.3. The standard InChI is InChI=1S/C43H29N2OP/c1-28-19-22-38-35(25-28)36-26-30(29-11-3-2-4-12-29)20-23-39(36)44(38)31-21-24-41-37(27-31)34-15-7-10-18-43(34)47(46)42-17-9-6-14-33(42)32-13-5-8-16-40(32)45(41)47/h2-27H,1H3. The number of rotatable bonds is 2. The van der Waals surface area contributed by atoms with Gasteiger partial charge in [-0.1, -0.05) is 103 Å². The first-order chi connectivity index (χ1) is 23.1. The molecule has 2 aliphatic heterocycles. The molecule has 1 aromatic heterocycles. The summed E-state index contributed by atoms with van der Waals surface area (Å²) in [4.78, 5) is 0. The zero-order chi connectivity index (χ0) is 31.3.